The Morgan fingerprint density at radius 2 is 2.07 bits per heavy atom. The number of carbonyl (C=O) groups excluding carboxylic acids is 1. The van der Waals surface area contributed by atoms with Crippen molar-refractivity contribution in [3.8, 4) is 17.2 Å². The highest BCUT2D eigenvalue weighted by atomic mass is 16.5. The second kappa shape index (κ2) is 7.64. The van der Waals surface area contributed by atoms with Crippen LogP contribution in [0.1, 0.15) is 22.3 Å². The maximum Gasteiger partial charge on any atom is 0.235 e. The number of allylic oxidation sites excluding steroid dienone is 1. The SMILES string of the molecule is COc1ccc2c(c1)c(C=C1Oc3cccc(O)c3C1=O)cn2CCCN(C)C. The molecule has 0 spiro atoms. The van der Waals surface area contributed by atoms with Crippen LogP contribution in [-0.4, -0.2) is 48.1 Å². The minimum atomic E-state index is -0.311. The molecule has 0 saturated heterocycles. The smallest absolute Gasteiger partial charge is 0.235 e. The van der Waals surface area contributed by atoms with Gasteiger partial charge in [0, 0.05) is 29.2 Å². The van der Waals surface area contributed by atoms with Crippen molar-refractivity contribution in [1.82, 2.24) is 9.47 Å². The predicted octanol–water partition coefficient (Wildman–Crippen LogP) is 3.92. The van der Waals surface area contributed by atoms with Gasteiger partial charge in [-0.2, -0.15) is 0 Å². The van der Waals surface area contributed by atoms with Crippen molar-refractivity contribution in [2.75, 3.05) is 27.7 Å². The molecule has 0 unspecified atom stereocenters. The second-order valence-electron chi connectivity index (χ2n) is 7.41. The van der Waals surface area contributed by atoms with E-state index in [1.165, 1.54) is 6.07 Å². The fourth-order valence-electron chi connectivity index (χ4n) is 3.65. The molecule has 0 amide bonds. The molecule has 1 aromatic heterocycles. The first-order valence-electron chi connectivity index (χ1n) is 9.56. The van der Waals surface area contributed by atoms with Gasteiger partial charge in [-0.3, -0.25) is 4.79 Å². The number of ether oxygens (including phenoxy) is 2. The van der Waals surface area contributed by atoms with Crippen molar-refractivity contribution in [3.63, 3.8) is 0 Å². The van der Waals surface area contributed by atoms with Crippen LogP contribution >= 0.6 is 0 Å². The van der Waals surface area contributed by atoms with E-state index in [2.05, 4.69) is 23.6 Å². The zero-order valence-corrected chi connectivity index (χ0v) is 16.8. The van der Waals surface area contributed by atoms with Gasteiger partial charge in [-0.05, 0) is 63.5 Å². The van der Waals surface area contributed by atoms with Crippen molar-refractivity contribution >= 4 is 22.8 Å². The van der Waals surface area contributed by atoms with Crippen molar-refractivity contribution < 1.29 is 19.4 Å². The van der Waals surface area contributed by atoms with Crippen LogP contribution in [0.3, 0.4) is 0 Å². The minimum absolute atomic E-state index is 0.0660. The molecule has 0 fully saturated rings. The number of rotatable bonds is 6. The van der Waals surface area contributed by atoms with E-state index < -0.39 is 0 Å². The Balaban J connectivity index is 1.74. The van der Waals surface area contributed by atoms with E-state index in [4.69, 9.17) is 9.47 Å². The summed E-state index contributed by atoms with van der Waals surface area (Å²) in [6.45, 7) is 1.85. The Hall–Kier alpha value is -3.25. The lowest BCUT2D eigenvalue weighted by Crippen LogP contribution is -2.14. The van der Waals surface area contributed by atoms with E-state index >= 15 is 0 Å². The second-order valence-corrected chi connectivity index (χ2v) is 7.41. The minimum Gasteiger partial charge on any atom is -0.507 e. The van der Waals surface area contributed by atoms with E-state index in [1.807, 2.05) is 24.4 Å². The van der Waals surface area contributed by atoms with Gasteiger partial charge in [-0.25, -0.2) is 0 Å². The average Bonchev–Trinajstić information content (AvgIpc) is 3.20. The Labute approximate surface area is 169 Å². The molecule has 0 bridgehead atoms. The van der Waals surface area contributed by atoms with Crippen LogP contribution < -0.4 is 9.47 Å². The predicted molar refractivity (Wildman–Crippen MR) is 113 cm³/mol. The van der Waals surface area contributed by atoms with Crippen LogP contribution in [-0.2, 0) is 6.54 Å². The number of fused-ring (bicyclic) bond motifs is 2. The molecule has 1 aliphatic rings. The topological polar surface area (TPSA) is 63.9 Å². The summed E-state index contributed by atoms with van der Waals surface area (Å²) in [5.41, 5.74) is 2.16. The molecule has 1 aliphatic heterocycles. The number of hydrogen-bond acceptors (Lipinski definition) is 5. The number of aromatic hydroxyl groups is 1. The number of aromatic nitrogens is 1. The first kappa shape index (κ1) is 19.1. The number of ketones is 1. The lowest BCUT2D eigenvalue weighted by atomic mass is 10.1. The van der Waals surface area contributed by atoms with Crippen molar-refractivity contribution in [3.05, 3.63) is 59.5 Å². The van der Waals surface area contributed by atoms with Crippen LogP contribution in [0, 0.1) is 0 Å². The maximum atomic E-state index is 12.7. The number of phenolic OH excluding ortho intramolecular Hbond substituents is 1. The molecule has 2 heterocycles. The number of hydrogen-bond donors (Lipinski definition) is 1. The van der Waals surface area contributed by atoms with Gasteiger partial charge in [0.15, 0.2) is 5.76 Å². The molecule has 1 N–H and O–H groups in total. The van der Waals surface area contributed by atoms with Crippen LogP contribution in [0.2, 0.25) is 0 Å². The largest absolute Gasteiger partial charge is 0.507 e. The number of benzene rings is 2. The van der Waals surface area contributed by atoms with Crippen LogP contribution in [0.15, 0.2) is 48.4 Å². The normalized spacial score (nSPS) is 14.6. The Morgan fingerprint density at radius 3 is 2.79 bits per heavy atom. The molecule has 0 aliphatic carbocycles. The summed E-state index contributed by atoms with van der Waals surface area (Å²) in [6.07, 6.45) is 4.78. The molecule has 0 saturated carbocycles. The molecule has 0 atom stereocenters. The zero-order valence-electron chi connectivity index (χ0n) is 16.8. The van der Waals surface area contributed by atoms with E-state index in [9.17, 15) is 9.90 Å². The third-order valence-corrected chi connectivity index (χ3v) is 5.09. The first-order valence-corrected chi connectivity index (χ1v) is 9.56. The van der Waals surface area contributed by atoms with E-state index in [-0.39, 0.29) is 22.9 Å². The Kier molecular flexibility index (Phi) is 5.03. The molecule has 150 valence electrons. The molecule has 6 nitrogen and oxygen atoms in total. The summed E-state index contributed by atoms with van der Waals surface area (Å²) in [6, 6.07) is 10.8. The molecule has 0 radical (unpaired) electrons. The number of carbonyl (C=O) groups is 1. The van der Waals surface area contributed by atoms with Crippen molar-refractivity contribution in [1.29, 1.82) is 0 Å². The van der Waals surface area contributed by atoms with Crippen LogP contribution in [0.25, 0.3) is 17.0 Å². The third-order valence-electron chi connectivity index (χ3n) is 5.09. The van der Waals surface area contributed by atoms with Gasteiger partial charge in [0.1, 0.15) is 22.8 Å². The maximum absolute atomic E-state index is 12.7. The van der Waals surface area contributed by atoms with Gasteiger partial charge < -0.3 is 24.0 Å². The highest BCUT2D eigenvalue weighted by Gasteiger charge is 2.30. The van der Waals surface area contributed by atoms with Gasteiger partial charge in [-0.1, -0.05) is 6.07 Å². The molecule has 29 heavy (non-hydrogen) atoms. The average molecular weight is 392 g/mol. The number of aryl methyl sites for hydroxylation is 1. The molecule has 4 rings (SSSR count). The van der Waals surface area contributed by atoms with Gasteiger partial charge in [0.05, 0.1) is 7.11 Å². The molecule has 3 aromatic rings. The summed E-state index contributed by atoms with van der Waals surface area (Å²) in [5.74, 6) is 0.964. The monoisotopic (exact) mass is 392 g/mol. The summed E-state index contributed by atoms with van der Waals surface area (Å²) >= 11 is 0. The lowest BCUT2D eigenvalue weighted by molar-refractivity contribution is 0.101. The molecular formula is C23H24N2O4. The standard InChI is InChI=1S/C23H24N2O4/c1-24(2)10-5-11-25-14-15(17-13-16(28-3)8-9-18(17)25)12-21-23(27)22-19(26)6-4-7-20(22)29-21/h4,6-9,12-14,26H,5,10-11H2,1-3H3. The third kappa shape index (κ3) is 3.59. The molecule has 2 aromatic carbocycles. The highest BCUT2D eigenvalue weighted by molar-refractivity contribution is 6.16. The van der Waals surface area contributed by atoms with Crippen LogP contribution in [0.4, 0.5) is 0 Å². The van der Waals surface area contributed by atoms with Gasteiger partial charge in [0.2, 0.25) is 5.78 Å². The van der Waals surface area contributed by atoms with E-state index in [1.54, 1.807) is 25.3 Å². The highest BCUT2D eigenvalue weighted by Crippen LogP contribution is 2.38. The summed E-state index contributed by atoms with van der Waals surface area (Å²) in [7, 11) is 5.76. The molecular weight excluding hydrogens is 368 g/mol. The van der Waals surface area contributed by atoms with E-state index in [0.717, 1.165) is 41.7 Å². The number of methoxy groups -OCH3 is 1. The van der Waals surface area contributed by atoms with Gasteiger partial charge in [0.25, 0.3) is 0 Å². The first-order chi connectivity index (χ1) is 14.0. The fourth-order valence-corrected chi connectivity index (χ4v) is 3.65. The van der Waals surface area contributed by atoms with E-state index in [0.29, 0.717) is 5.75 Å². The molecule has 6 heteroatoms. The lowest BCUT2D eigenvalue weighted by Gasteiger charge is -2.10. The Bertz CT molecular complexity index is 1110. The quantitative estimate of drug-likeness (QED) is 0.644. The van der Waals surface area contributed by atoms with Crippen molar-refractivity contribution in [2.45, 2.75) is 13.0 Å². The number of phenols is 1. The fraction of sp³-hybridized carbons (Fsp3) is 0.261. The zero-order chi connectivity index (χ0) is 20.5. The van der Waals surface area contributed by atoms with Crippen molar-refractivity contribution in [2.24, 2.45) is 0 Å². The number of nitrogens with zero attached hydrogens (tertiary/aromatic N) is 2. The summed E-state index contributed by atoms with van der Waals surface area (Å²) in [5, 5.41) is 11.0. The number of Topliss-reactive ketones (excluding diaryl/α,β-unsaturated/α-hetero) is 1. The summed E-state index contributed by atoms with van der Waals surface area (Å²) < 4.78 is 13.3. The summed E-state index contributed by atoms with van der Waals surface area (Å²) in [4.78, 5) is 14.9. The Morgan fingerprint density at radius 1 is 1.24 bits per heavy atom. The van der Waals surface area contributed by atoms with Gasteiger partial charge >= 0.3 is 0 Å². The van der Waals surface area contributed by atoms with Gasteiger partial charge in [-0.15, -0.1) is 0 Å². The van der Waals surface area contributed by atoms with Crippen LogP contribution in [0.5, 0.6) is 17.2 Å².